The van der Waals surface area contributed by atoms with Crippen molar-refractivity contribution in [1.82, 2.24) is 0 Å². The van der Waals surface area contributed by atoms with E-state index in [-0.39, 0.29) is 5.78 Å². The fourth-order valence-corrected chi connectivity index (χ4v) is 2.36. The Morgan fingerprint density at radius 2 is 1.92 bits per heavy atom. The number of Topliss-reactive ketones (excluding diaryl/α,β-unsaturated/α-hetero) is 1. The van der Waals surface area contributed by atoms with Crippen molar-refractivity contribution in [3.05, 3.63) is 29.8 Å². The average molecular weight is 197 g/mol. The predicted octanol–water partition coefficient (Wildman–Crippen LogP) is 0.625. The highest BCUT2D eigenvalue weighted by Crippen LogP contribution is 2.21. The molecule has 0 unspecified atom stereocenters. The van der Waals surface area contributed by atoms with Gasteiger partial charge in [-0.3, -0.25) is 9.52 Å². The van der Waals surface area contributed by atoms with E-state index >= 15 is 0 Å². The first-order valence-corrected chi connectivity index (χ1v) is 5.36. The molecule has 0 aromatic heterocycles. The molecular weight excluding hydrogens is 190 g/mol. The number of nitrogens with one attached hydrogen (secondary N) is 1. The second-order valence-corrected chi connectivity index (χ2v) is 4.55. The summed E-state index contributed by atoms with van der Waals surface area (Å²) in [7, 11) is -3.44. The molecule has 2 rings (SSSR count). The van der Waals surface area contributed by atoms with Crippen LogP contribution in [0.3, 0.4) is 0 Å². The Morgan fingerprint density at radius 3 is 2.69 bits per heavy atom. The van der Waals surface area contributed by atoms with E-state index in [4.69, 9.17) is 0 Å². The Bertz CT molecular complexity index is 464. The van der Waals surface area contributed by atoms with E-state index in [0.29, 0.717) is 11.3 Å². The second-order valence-electron chi connectivity index (χ2n) is 2.83. The van der Waals surface area contributed by atoms with E-state index in [1.807, 2.05) is 0 Å². The topological polar surface area (TPSA) is 63.2 Å². The lowest BCUT2D eigenvalue weighted by Gasteiger charge is -2.16. The summed E-state index contributed by atoms with van der Waals surface area (Å²) >= 11 is 0. The molecule has 0 bridgehead atoms. The van der Waals surface area contributed by atoms with Crippen molar-refractivity contribution in [1.29, 1.82) is 0 Å². The SMILES string of the molecule is O=C1CS(=O)(=O)Nc2ccccc21. The van der Waals surface area contributed by atoms with Crippen LogP contribution in [0.1, 0.15) is 10.4 Å². The molecule has 4 nitrogen and oxygen atoms in total. The molecule has 0 saturated heterocycles. The number of rotatable bonds is 0. The number of hydrogen-bond donors (Lipinski definition) is 1. The number of sulfonamides is 1. The highest BCUT2D eigenvalue weighted by molar-refractivity contribution is 7.93. The van der Waals surface area contributed by atoms with E-state index in [2.05, 4.69) is 4.72 Å². The monoisotopic (exact) mass is 197 g/mol. The number of anilines is 1. The summed E-state index contributed by atoms with van der Waals surface area (Å²) in [5.74, 6) is -0.807. The van der Waals surface area contributed by atoms with Gasteiger partial charge < -0.3 is 0 Å². The number of carbonyl (C=O) groups excluding carboxylic acids is 1. The van der Waals surface area contributed by atoms with Gasteiger partial charge in [0.2, 0.25) is 10.0 Å². The number of hydrogen-bond acceptors (Lipinski definition) is 3. The number of fused-ring (bicyclic) bond motifs is 1. The first-order chi connectivity index (χ1) is 6.08. The van der Waals surface area contributed by atoms with Crippen molar-refractivity contribution in [3.63, 3.8) is 0 Å². The molecule has 0 spiro atoms. The minimum atomic E-state index is -3.44. The molecule has 1 aliphatic heterocycles. The van der Waals surface area contributed by atoms with Crippen molar-refractivity contribution < 1.29 is 13.2 Å². The smallest absolute Gasteiger partial charge is 0.240 e. The summed E-state index contributed by atoms with van der Waals surface area (Å²) in [5, 5.41) is 0. The van der Waals surface area contributed by atoms with Crippen LogP contribution in [0.25, 0.3) is 0 Å². The lowest BCUT2D eigenvalue weighted by molar-refractivity contribution is 0.102. The first kappa shape index (κ1) is 8.25. The molecule has 1 N–H and O–H groups in total. The minimum absolute atomic E-state index is 0.352. The molecule has 1 aliphatic rings. The number of carbonyl (C=O) groups is 1. The average Bonchev–Trinajstić information content (AvgIpc) is 2.02. The fourth-order valence-electron chi connectivity index (χ4n) is 1.27. The van der Waals surface area contributed by atoms with Gasteiger partial charge in [-0.1, -0.05) is 12.1 Å². The molecule has 0 radical (unpaired) electrons. The van der Waals surface area contributed by atoms with Crippen molar-refractivity contribution in [2.45, 2.75) is 0 Å². The lowest BCUT2D eigenvalue weighted by Crippen LogP contribution is -2.29. The van der Waals surface area contributed by atoms with Crippen molar-refractivity contribution >= 4 is 21.5 Å². The van der Waals surface area contributed by atoms with Crippen molar-refractivity contribution in [2.24, 2.45) is 0 Å². The second kappa shape index (κ2) is 2.56. The zero-order chi connectivity index (χ0) is 9.47. The van der Waals surface area contributed by atoms with Crippen molar-refractivity contribution in [2.75, 3.05) is 10.5 Å². The molecule has 13 heavy (non-hydrogen) atoms. The molecular formula is C8H7NO3S. The zero-order valence-electron chi connectivity index (χ0n) is 6.65. The third-order valence-electron chi connectivity index (χ3n) is 1.81. The van der Waals surface area contributed by atoms with Crippen molar-refractivity contribution in [3.8, 4) is 0 Å². The van der Waals surface area contributed by atoms with Crippen LogP contribution in [0.5, 0.6) is 0 Å². The Kier molecular flexibility index (Phi) is 1.63. The summed E-state index contributed by atoms with van der Waals surface area (Å²) in [4.78, 5) is 11.3. The largest absolute Gasteiger partial charge is 0.293 e. The van der Waals surface area contributed by atoms with E-state index < -0.39 is 15.8 Å². The first-order valence-electron chi connectivity index (χ1n) is 3.71. The van der Waals surface area contributed by atoms with Crippen LogP contribution in [0.4, 0.5) is 5.69 Å². The van der Waals surface area contributed by atoms with Crippen LogP contribution in [-0.4, -0.2) is 20.0 Å². The summed E-state index contributed by atoms with van der Waals surface area (Å²) in [6.45, 7) is 0. The maximum absolute atomic E-state index is 11.3. The van der Waals surface area contributed by atoms with Gasteiger partial charge in [-0.15, -0.1) is 0 Å². The van der Waals surface area contributed by atoms with E-state index in [9.17, 15) is 13.2 Å². The molecule has 1 heterocycles. The summed E-state index contributed by atoms with van der Waals surface area (Å²) in [5.41, 5.74) is 0.816. The van der Waals surface area contributed by atoms with Crippen LogP contribution in [0, 0.1) is 0 Å². The number of benzene rings is 1. The van der Waals surface area contributed by atoms with E-state index in [1.165, 1.54) is 0 Å². The Hall–Kier alpha value is -1.36. The van der Waals surface area contributed by atoms with Crippen LogP contribution in [0.2, 0.25) is 0 Å². The zero-order valence-corrected chi connectivity index (χ0v) is 7.47. The van der Waals surface area contributed by atoms with Crippen LogP contribution >= 0.6 is 0 Å². The number of ketones is 1. The lowest BCUT2D eigenvalue weighted by atomic mass is 10.1. The minimum Gasteiger partial charge on any atom is -0.293 e. The van der Waals surface area contributed by atoms with Crippen LogP contribution < -0.4 is 4.72 Å². The third kappa shape index (κ3) is 1.42. The Labute approximate surface area is 75.6 Å². The summed E-state index contributed by atoms with van der Waals surface area (Å²) in [6.07, 6.45) is 0. The summed E-state index contributed by atoms with van der Waals surface area (Å²) < 4.78 is 24.5. The molecule has 0 aliphatic carbocycles. The maximum atomic E-state index is 11.3. The molecule has 68 valence electrons. The molecule has 0 fully saturated rings. The molecule has 0 saturated carbocycles. The van der Waals surface area contributed by atoms with Gasteiger partial charge in [0.15, 0.2) is 5.78 Å². The molecule has 0 amide bonds. The molecule has 0 atom stereocenters. The summed E-state index contributed by atoms with van der Waals surface area (Å²) in [6, 6.07) is 6.57. The van der Waals surface area contributed by atoms with Gasteiger partial charge in [0, 0.05) is 5.56 Å². The molecule has 5 heteroatoms. The third-order valence-corrected chi connectivity index (χ3v) is 2.99. The van der Waals surface area contributed by atoms with Gasteiger partial charge in [0.05, 0.1) is 5.69 Å². The van der Waals surface area contributed by atoms with Gasteiger partial charge in [-0.25, -0.2) is 8.42 Å². The van der Waals surface area contributed by atoms with Gasteiger partial charge >= 0.3 is 0 Å². The number of para-hydroxylation sites is 1. The van der Waals surface area contributed by atoms with Gasteiger partial charge in [-0.05, 0) is 12.1 Å². The highest BCUT2D eigenvalue weighted by Gasteiger charge is 2.26. The predicted molar refractivity (Wildman–Crippen MR) is 48.2 cm³/mol. The Morgan fingerprint density at radius 1 is 1.23 bits per heavy atom. The standard InChI is InChI=1S/C8H7NO3S/c10-8-5-13(11,12)9-7-4-2-1-3-6(7)8/h1-4,9H,5H2. The molecule has 1 aromatic carbocycles. The van der Waals surface area contributed by atoms with Gasteiger partial charge in [0.25, 0.3) is 0 Å². The normalized spacial score (nSPS) is 18.9. The quantitative estimate of drug-likeness (QED) is 0.663. The van der Waals surface area contributed by atoms with Gasteiger partial charge in [-0.2, -0.15) is 0 Å². The van der Waals surface area contributed by atoms with E-state index in [0.717, 1.165) is 0 Å². The highest BCUT2D eigenvalue weighted by atomic mass is 32.2. The maximum Gasteiger partial charge on any atom is 0.240 e. The van der Waals surface area contributed by atoms with E-state index in [1.54, 1.807) is 24.3 Å². The fraction of sp³-hybridized carbons (Fsp3) is 0.125. The van der Waals surface area contributed by atoms with Crippen LogP contribution in [-0.2, 0) is 10.0 Å². The van der Waals surface area contributed by atoms with Crippen LogP contribution in [0.15, 0.2) is 24.3 Å². The molecule has 1 aromatic rings. The van der Waals surface area contributed by atoms with Gasteiger partial charge in [0.1, 0.15) is 5.75 Å². The Balaban J connectivity index is 2.61.